The molecule has 0 aliphatic heterocycles. The summed E-state index contributed by atoms with van der Waals surface area (Å²) >= 11 is 10.0. The van der Waals surface area contributed by atoms with E-state index in [9.17, 15) is 4.79 Å². The number of ketones is 1. The van der Waals surface area contributed by atoms with Crippen LogP contribution in [0.15, 0.2) is 0 Å². The van der Waals surface area contributed by atoms with Crippen LogP contribution in [0.2, 0.25) is 0 Å². The Bertz CT molecular complexity index is 48.9. The molecule has 0 saturated heterocycles. The second-order valence-corrected chi connectivity index (χ2v) is 1.34. The van der Waals surface area contributed by atoms with Gasteiger partial charge in [-0.1, -0.05) is 0 Å². The first kappa shape index (κ1) is 10.2. The molecule has 0 rings (SSSR count). The van der Waals surface area contributed by atoms with E-state index in [0.717, 1.165) is 0 Å². The van der Waals surface area contributed by atoms with Crippen molar-refractivity contribution >= 4 is 29.0 Å². The van der Waals surface area contributed by atoms with Gasteiger partial charge in [0.25, 0.3) is 0 Å². The molecule has 0 spiro atoms. The van der Waals surface area contributed by atoms with Crippen LogP contribution in [-0.4, -0.2) is 23.0 Å². The third-order valence-corrected chi connectivity index (χ3v) is 0.894. The van der Waals surface area contributed by atoms with Crippen molar-refractivity contribution in [2.45, 2.75) is 0 Å². The lowest BCUT2D eigenvalue weighted by molar-refractivity contribution is -0.114. The van der Waals surface area contributed by atoms with Gasteiger partial charge in [0, 0.05) is 0 Å². The van der Waals surface area contributed by atoms with E-state index in [-0.39, 0.29) is 23.0 Å². The molecule has 0 aliphatic carbocycles. The highest BCUT2D eigenvalue weighted by Crippen LogP contribution is 1.80. The van der Waals surface area contributed by atoms with E-state index in [2.05, 4.69) is 0 Å². The summed E-state index contributed by atoms with van der Waals surface area (Å²) in [6, 6.07) is 0. The minimum Gasteiger partial charge on any atom is -0.412 e. The third-order valence-electron chi connectivity index (χ3n) is 0.298. The average molecular weight is 145 g/mol. The van der Waals surface area contributed by atoms with Crippen LogP contribution in [0.1, 0.15) is 0 Å². The van der Waals surface area contributed by atoms with Gasteiger partial charge in [0.1, 0.15) is 0 Å². The van der Waals surface area contributed by atoms with E-state index in [1.54, 1.807) is 0 Å². The Balaban J connectivity index is 0. The number of alkyl halides is 2. The average Bonchev–Trinajstić information content (AvgIpc) is 1.65. The summed E-state index contributed by atoms with van der Waals surface area (Å²) in [4.78, 5) is 9.92. The number of hydrogen-bond acceptors (Lipinski definition) is 1. The van der Waals surface area contributed by atoms with E-state index >= 15 is 0 Å². The van der Waals surface area contributed by atoms with Crippen LogP contribution in [-0.2, 0) is 4.79 Å². The molecule has 0 amide bonds. The van der Waals surface area contributed by atoms with Gasteiger partial charge in [-0.05, 0) is 0 Å². The van der Waals surface area contributed by atoms with Gasteiger partial charge in [0.05, 0.1) is 11.8 Å². The van der Waals surface area contributed by atoms with Crippen LogP contribution in [0.25, 0.3) is 0 Å². The summed E-state index contributed by atoms with van der Waals surface area (Å²) in [5, 5.41) is 0. The molecule has 0 unspecified atom stereocenters. The fourth-order valence-corrected chi connectivity index (χ4v) is 0.321. The lowest BCUT2D eigenvalue weighted by Gasteiger charge is -1.77. The molecule has 0 aromatic rings. The Hall–Kier alpha value is 0.210. The summed E-state index contributed by atoms with van der Waals surface area (Å²) in [6.45, 7) is 0. The van der Waals surface area contributed by atoms with E-state index in [0.29, 0.717) is 0 Å². The first-order valence-corrected chi connectivity index (χ1v) is 2.51. The Morgan fingerprint density at radius 1 is 1.29 bits per heavy atom. The molecule has 2 nitrogen and oxygen atoms in total. The highest BCUT2D eigenvalue weighted by molar-refractivity contribution is 6.35. The monoisotopic (exact) mass is 144 g/mol. The second kappa shape index (κ2) is 6.21. The Labute approximate surface area is 51.7 Å². The largest absolute Gasteiger partial charge is 0.412 e. The minimum atomic E-state index is -0.127. The standard InChI is InChI=1S/C3H4Cl2O.H2O/c4-1-3(6)2-5;/h1-2H2;1H2. The van der Waals surface area contributed by atoms with Gasteiger partial charge >= 0.3 is 0 Å². The molecule has 2 N–H and O–H groups in total. The maximum absolute atomic E-state index is 9.92. The summed E-state index contributed by atoms with van der Waals surface area (Å²) in [5.41, 5.74) is 0. The van der Waals surface area contributed by atoms with Crippen molar-refractivity contribution in [3.63, 3.8) is 0 Å². The number of rotatable bonds is 2. The van der Waals surface area contributed by atoms with Gasteiger partial charge < -0.3 is 5.48 Å². The fourth-order valence-electron chi connectivity index (χ4n) is 0.0357. The quantitative estimate of drug-likeness (QED) is 0.512. The maximum atomic E-state index is 9.92. The lowest BCUT2D eigenvalue weighted by atomic mass is 10.5. The SMILES string of the molecule is O.O=C(CCl)CCl. The first-order chi connectivity index (χ1) is 2.81. The Morgan fingerprint density at radius 2 is 1.57 bits per heavy atom. The smallest absolute Gasteiger partial charge is 0.162 e. The van der Waals surface area contributed by atoms with Crippen molar-refractivity contribution in [1.82, 2.24) is 0 Å². The normalized spacial score (nSPS) is 7.14. The third kappa shape index (κ3) is 6.21. The van der Waals surface area contributed by atoms with Crippen molar-refractivity contribution in [1.29, 1.82) is 0 Å². The summed E-state index contributed by atoms with van der Waals surface area (Å²) in [7, 11) is 0. The number of carbonyl (C=O) groups excluding carboxylic acids is 1. The van der Waals surface area contributed by atoms with Crippen LogP contribution in [0.4, 0.5) is 0 Å². The molecular weight excluding hydrogens is 139 g/mol. The zero-order valence-corrected chi connectivity index (χ0v) is 5.09. The number of Topliss-reactive ketones (excluding diaryl/α,β-unsaturated/α-hetero) is 1. The van der Waals surface area contributed by atoms with Crippen molar-refractivity contribution in [2.75, 3.05) is 11.8 Å². The minimum absolute atomic E-state index is 0. The Kier molecular flexibility index (Phi) is 9.09. The second-order valence-electron chi connectivity index (χ2n) is 0.806. The topological polar surface area (TPSA) is 48.6 Å². The number of hydrogen-bond donors (Lipinski definition) is 0. The predicted octanol–water partition coefficient (Wildman–Crippen LogP) is 0.208. The number of carbonyl (C=O) groups is 1. The molecular formula is C3H6Cl2O2. The fraction of sp³-hybridized carbons (Fsp3) is 0.667. The van der Waals surface area contributed by atoms with Crippen molar-refractivity contribution in [3.05, 3.63) is 0 Å². The zero-order chi connectivity index (χ0) is 4.99. The van der Waals surface area contributed by atoms with Gasteiger partial charge in [-0.25, -0.2) is 0 Å². The van der Waals surface area contributed by atoms with Gasteiger partial charge in [-0.2, -0.15) is 0 Å². The molecule has 0 radical (unpaired) electrons. The predicted molar refractivity (Wildman–Crippen MR) is 30.1 cm³/mol. The van der Waals surface area contributed by atoms with E-state index in [4.69, 9.17) is 23.2 Å². The molecule has 0 saturated carbocycles. The molecule has 0 aromatic heterocycles. The van der Waals surface area contributed by atoms with Crippen LogP contribution in [0.3, 0.4) is 0 Å². The molecule has 4 heteroatoms. The summed E-state index contributed by atoms with van der Waals surface area (Å²) < 4.78 is 0. The van der Waals surface area contributed by atoms with E-state index in [1.807, 2.05) is 0 Å². The maximum Gasteiger partial charge on any atom is 0.162 e. The molecule has 0 bridgehead atoms. The molecule has 44 valence electrons. The highest BCUT2D eigenvalue weighted by Gasteiger charge is 1.90. The lowest BCUT2D eigenvalue weighted by Crippen LogP contribution is -1.98. The summed E-state index contributed by atoms with van der Waals surface area (Å²) in [5.74, 6) is -0.0640. The van der Waals surface area contributed by atoms with Crippen molar-refractivity contribution < 1.29 is 10.3 Å². The van der Waals surface area contributed by atoms with Gasteiger partial charge in [-0.3, -0.25) is 4.79 Å². The summed E-state index contributed by atoms with van der Waals surface area (Å²) in [6.07, 6.45) is 0. The van der Waals surface area contributed by atoms with Crippen LogP contribution < -0.4 is 0 Å². The molecule has 0 heterocycles. The van der Waals surface area contributed by atoms with Crippen molar-refractivity contribution in [2.24, 2.45) is 0 Å². The van der Waals surface area contributed by atoms with Gasteiger partial charge in [0.2, 0.25) is 0 Å². The Morgan fingerprint density at radius 3 is 1.57 bits per heavy atom. The van der Waals surface area contributed by atoms with E-state index in [1.165, 1.54) is 0 Å². The van der Waals surface area contributed by atoms with Crippen LogP contribution >= 0.6 is 23.2 Å². The molecule has 0 aliphatic rings. The molecule has 0 atom stereocenters. The zero-order valence-electron chi connectivity index (χ0n) is 3.58. The van der Waals surface area contributed by atoms with Gasteiger partial charge in [-0.15, -0.1) is 23.2 Å². The highest BCUT2D eigenvalue weighted by atomic mass is 35.5. The van der Waals surface area contributed by atoms with E-state index < -0.39 is 0 Å². The molecule has 7 heavy (non-hydrogen) atoms. The number of halogens is 2. The van der Waals surface area contributed by atoms with Crippen LogP contribution in [0.5, 0.6) is 0 Å². The first-order valence-electron chi connectivity index (χ1n) is 1.45. The van der Waals surface area contributed by atoms with Gasteiger partial charge in [0.15, 0.2) is 5.78 Å². The van der Waals surface area contributed by atoms with Crippen molar-refractivity contribution in [3.8, 4) is 0 Å². The van der Waals surface area contributed by atoms with Crippen LogP contribution in [0, 0.1) is 0 Å². The molecule has 0 fully saturated rings. The molecule has 0 aromatic carbocycles.